The molecular formula is C8H9N3O3S. The molecule has 0 heterocycles. The Bertz CT molecular complexity index is 344. The summed E-state index contributed by atoms with van der Waals surface area (Å²) in [6.07, 6.45) is 0. The molecule has 80 valence electrons. The van der Waals surface area contributed by atoms with Crippen LogP contribution in [-0.2, 0) is 4.84 Å². The maximum atomic E-state index is 11.2. The number of hydrogen-bond donors (Lipinski definition) is 4. The van der Waals surface area contributed by atoms with Crippen molar-refractivity contribution in [1.82, 2.24) is 15.7 Å². The van der Waals surface area contributed by atoms with Crippen LogP contribution >= 0.6 is 12.8 Å². The van der Waals surface area contributed by atoms with E-state index in [9.17, 15) is 9.59 Å². The molecule has 7 heteroatoms. The van der Waals surface area contributed by atoms with Gasteiger partial charge in [-0.1, -0.05) is 36.6 Å². The van der Waals surface area contributed by atoms with Crippen LogP contribution < -0.4 is 15.7 Å². The van der Waals surface area contributed by atoms with E-state index in [2.05, 4.69) is 17.7 Å². The minimum atomic E-state index is -0.640. The van der Waals surface area contributed by atoms with Crippen LogP contribution in [0.4, 0.5) is 4.79 Å². The van der Waals surface area contributed by atoms with Crippen LogP contribution in [0.5, 0.6) is 0 Å². The topological polar surface area (TPSA) is 79.5 Å². The Morgan fingerprint density at radius 1 is 1.20 bits per heavy atom. The standard InChI is InChI=1S/C8H9N3O3S/c12-7(6-4-2-1-3-5-6)14-11-9-8(13)10-15/h1-5,11,15H,(H2,9,10,13). The lowest BCUT2D eigenvalue weighted by Crippen LogP contribution is -2.42. The first-order chi connectivity index (χ1) is 7.24. The summed E-state index contributed by atoms with van der Waals surface area (Å²) in [4.78, 5) is 26.3. The van der Waals surface area contributed by atoms with Gasteiger partial charge in [0.1, 0.15) is 0 Å². The van der Waals surface area contributed by atoms with E-state index in [1.807, 2.05) is 15.7 Å². The SMILES string of the molecule is O=C(NS)NNOC(=O)c1ccccc1. The van der Waals surface area contributed by atoms with Gasteiger partial charge in [-0.2, -0.15) is 0 Å². The fraction of sp³-hybridized carbons (Fsp3) is 0. The molecule has 1 aromatic rings. The van der Waals surface area contributed by atoms with Gasteiger partial charge in [0.25, 0.3) is 0 Å². The average Bonchev–Trinajstić information content (AvgIpc) is 2.29. The molecule has 0 aliphatic heterocycles. The average molecular weight is 227 g/mol. The Hall–Kier alpha value is -1.73. The molecule has 0 aliphatic rings. The molecule has 0 fully saturated rings. The van der Waals surface area contributed by atoms with Gasteiger partial charge in [0, 0.05) is 0 Å². The van der Waals surface area contributed by atoms with Crippen LogP contribution in [0.1, 0.15) is 10.4 Å². The van der Waals surface area contributed by atoms with Crippen LogP contribution in [0.15, 0.2) is 30.3 Å². The Morgan fingerprint density at radius 3 is 2.47 bits per heavy atom. The first kappa shape index (κ1) is 11.3. The summed E-state index contributed by atoms with van der Waals surface area (Å²) in [5.74, 6) is -0.602. The highest BCUT2D eigenvalue weighted by Gasteiger charge is 2.05. The summed E-state index contributed by atoms with van der Waals surface area (Å²) < 4.78 is 1.97. The third kappa shape index (κ3) is 3.88. The Morgan fingerprint density at radius 2 is 1.87 bits per heavy atom. The molecule has 3 N–H and O–H groups in total. The van der Waals surface area contributed by atoms with Gasteiger partial charge in [0.2, 0.25) is 0 Å². The number of rotatable bonds is 3. The minimum Gasteiger partial charge on any atom is -0.346 e. The molecule has 2 amide bonds. The van der Waals surface area contributed by atoms with E-state index in [0.29, 0.717) is 5.56 Å². The van der Waals surface area contributed by atoms with E-state index in [0.717, 1.165) is 0 Å². The fourth-order valence-electron chi connectivity index (χ4n) is 0.779. The van der Waals surface area contributed by atoms with Crippen molar-refractivity contribution in [3.8, 4) is 0 Å². The molecule has 0 aromatic heterocycles. The van der Waals surface area contributed by atoms with Crippen LogP contribution in [0.3, 0.4) is 0 Å². The second kappa shape index (κ2) is 5.89. The van der Waals surface area contributed by atoms with Gasteiger partial charge in [-0.3, -0.25) is 4.72 Å². The zero-order valence-electron chi connectivity index (χ0n) is 7.56. The second-order valence-electron chi connectivity index (χ2n) is 2.42. The molecule has 6 nitrogen and oxygen atoms in total. The predicted molar refractivity (Wildman–Crippen MR) is 55.6 cm³/mol. The lowest BCUT2D eigenvalue weighted by atomic mass is 10.2. The fourth-order valence-corrected chi connectivity index (χ4v) is 0.835. The third-order valence-electron chi connectivity index (χ3n) is 1.42. The number of thiol groups is 1. The number of nitrogens with one attached hydrogen (secondary N) is 3. The number of hydrazine groups is 1. The van der Waals surface area contributed by atoms with Crippen molar-refractivity contribution in [2.75, 3.05) is 0 Å². The molecule has 1 rings (SSSR count). The van der Waals surface area contributed by atoms with Crippen LogP contribution in [0.25, 0.3) is 0 Å². The van der Waals surface area contributed by atoms with Gasteiger partial charge < -0.3 is 4.84 Å². The first-order valence-electron chi connectivity index (χ1n) is 3.95. The van der Waals surface area contributed by atoms with Crippen molar-refractivity contribution >= 4 is 24.8 Å². The highest BCUT2D eigenvalue weighted by atomic mass is 32.1. The zero-order chi connectivity index (χ0) is 11.1. The summed E-state index contributed by atoms with van der Waals surface area (Å²) in [6.45, 7) is 0. The van der Waals surface area contributed by atoms with Crippen LogP contribution in [-0.4, -0.2) is 12.0 Å². The highest BCUT2D eigenvalue weighted by molar-refractivity contribution is 7.78. The van der Waals surface area contributed by atoms with Gasteiger partial charge >= 0.3 is 12.0 Å². The Balaban J connectivity index is 2.34. The van der Waals surface area contributed by atoms with Crippen LogP contribution in [0, 0.1) is 0 Å². The zero-order valence-corrected chi connectivity index (χ0v) is 8.45. The number of urea groups is 1. The molecular weight excluding hydrogens is 218 g/mol. The molecule has 1 aromatic carbocycles. The minimum absolute atomic E-state index is 0.373. The summed E-state index contributed by atoms with van der Waals surface area (Å²) in [6, 6.07) is 7.70. The summed E-state index contributed by atoms with van der Waals surface area (Å²) in [5, 5.41) is 0. The van der Waals surface area contributed by atoms with Gasteiger partial charge in [-0.05, 0) is 12.1 Å². The van der Waals surface area contributed by atoms with Crippen molar-refractivity contribution in [1.29, 1.82) is 0 Å². The molecule has 0 radical (unpaired) electrons. The second-order valence-corrected chi connectivity index (χ2v) is 2.65. The summed E-state index contributed by atoms with van der Waals surface area (Å²) >= 11 is 3.47. The van der Waals surface area contributed by atoms with E-state index in [1.165, 1.54) is 0 Å². The van der Waals surface area contributed by atoms with Crippen molar-refractivity contribution in [2.24, 2.45) is 0 Å². The number of amides is 2. The largest absolute Gasteiger partial charge is 0.358 e. The molecule has 0 saturated heterocycles. The Labute approximate surface area is 91.5 Å². The molecule has 0 aliphatic carbocycles. The lowest BCUT2D eigenvalue weighted by molar-refractivity contribution is 0.0173. The van der Waals surface area contributed by atoms with E-state index in [-0.39, 0.29) is 0 Å². The van der Waals surface area contributed by atoms with Gasteiger partial charge in [0.15, 0.2) is 0 Å². The monoisotopic (exact) mass is 227 g/mol. The smallest absolute Gasteiger partial charge is 0.346 e. The number of carbonyl (C=O) groups is 2. The third-order valence-corrected chi connectivity index (χ3v) is 1.62. The molecule has 0 atom stereocenters. The Kier molecular flexibility index (Phi) is 4.45. The van der Waals surface area contributed by atoms with Crippen molar-refractivity contribution in [3.05, 3.63) is 35.9 Å². The van der Waals surface area contributed by atoms with Crippen molar-refractivity contribution in [3.63, 3.8) is 0 Å². The highest BCUT2D eigenvalue weighted by Crippen LogP contribution is 1.98. The van der Waals surface area contributed by atoms with E-state index >= 15 is 0 Å². The van der Waals surface area contributed by atoms with E-state index in [4.69, 9.17) is 0 Å². The summed E-state index contributed by atoms with van der Waals surface area (Å²) in [7, 11) is 0. The maximum absolute atomic E-state index is 11.2. The number of benzene rings is 1. The summed E-state index contributed by atoms with van der Waals surface area (Å²) in [5.41, 5.74) is 4.36. The molecule has 0 saturated carbocycles. The quantitative estimate of drug-likeness (QED) is 0.445. The van der Waals surface area contributed by atoms with Crippen LogP contribution in [0.2, 0.25) is 0 Å². The molecule has 15 heavy (non-hydrogen) atoms. The van der Waals surface area contributed by atoms with Gasteiger partial charge in [-0.15, -0.1) is 0 Å². The first-order valence-corrected chi connectivity index (χ1v) is 4.40. The number of carbonyl (C=O) groups excluding carboxylic acids is 2. The van der Waals surface area contributed by atoms with E-state index < -0.39 is 12.0 Å². The maximum Gasteiger partial charge on any atom is 0.358 e. The predicted octanol–water partition coefficient (Wildman–Crippen LogP) is 0.407. The van der Waals surface area contributed by atoms with Gasteiger partial charge in [-0.25, -0.2) is 15.0 Å². The lowest BCUT2D eigenvalue weighted by Gasteiger charge is -2.05. The van der Waals surface area contributed by atoms with E-state index in [1.54, 1.807) is 30.3 Å². The van der Waals surface area contributed by atoms with Crippen molar-refractivity contribution in [2.45, 2.75) is 0 Å². The van der Waals surface area contributed by atoms with Gasteiger partial charge in [0.05, 0.1) is 5.56 Å². The van der Waals surface area contributed by atoms with Crippen molar-refractivity contribution < 1.29 is 14.4 Å². The normalized spacial score (nSPS) is 9.13. The molecule has 0 spiro atoms. The molecule has 0 unspecified atom stereocenters. The molecule has 0 bridgehead atoms. The number of hydrogen-bond acceptors (Lipinski definition) is 5.